The summed E-state index contributed by atoms with van der Waals surface area (Å²) in [5.74, 6) is 1.62. The Morgan fingerprint density at radius 3 is 2.33 bits per heavy atom. The molecule has 2 heteroatoms. The van der Waals surface area contributed by atoms with E-state index in [2.05, 4.69) is 12.2 Å². The highest BCUT2D eigenvalue weighted by molar-refractivity contribution is 5.81. The van der Waals surface area contributed by atoms with E-state index in [1.54, 1.807) is 0 Å². The Bertz CT molecular complexity index is 300. The SMILES string of the molecule is CN(C(=O)C(C)(C)C)[C@@H]1C[C@@H]2C=C[C@H]1C2. The van der Waals surface area contributed by atoms with Gasteiger partial charge >= 0.3 is 0 Å². The maximum Gasteiger partial charge on any atom is 0.227 e. The van der Waals surface area contributed by atoms with Crippen molar-refractivity contribution in [2.45, 2.75) is 39.7 Å². The van der Waals surface area contributed by atoms with Gasteiger partial charge in [0.25, 0.3) is 0 Å². The lowest BCUT2D eigenvalue weighted by Crippen LogP contribution is -2.44. The smallest absolute Gasteiger partial charge is 0.227 e. The van der Waals surface area contributed by atoms with Gasteiger partial charge in [-0.05, 0) is 24.7 Å². The topological polar surface area (TPSA) is 20.3 Å². The zero-order chi connectivity index (χ0) is 11.2. The van der Waals surface area contributed by atoms with E-state index in [0.29, 0.717) is 12.0 Å². The Hall–Kier alpha value is -0.790. The van der Waals surface area contributed by atoms with Gasteiger partial charge in [-0.3, -0.25) is 4.79 Å². The first-order valence-corrected chi connectivity index (χ1v) is 5.85. The molecule has 0 N–H and O–H groups in total. The standard InChI is InChI=1S/C13H21NO/c1-13(2,3)12(15)14(4)11-8-9-5-6-10(11)7-9/h5-6,9-11H,7-8H2,1-4H3/t9-,10+,11-/m1/s1. The van der Waals surface area contributed by atoms with Crippen molar-refractivity contribution in [1.29, 1.82) is 0 Å². The van der Waals surface area contributed by atoms with Crippen molar-refractivity contribution in [1.82, 2.24) is 4.90 Å². The van der Waals surface area contributed by atoms with E-state index in [1.807, 2.05) is 32.7 Å². The van der Waals surface area contributed by atoms with Crippen molar-refractivity contribution in [3.63, 3.8) is 0 Å². The van der Waals surface area contributed by atoms with Crippen molar-refractivity contribution < 1.29 is 4.79 Å². The number of allylic oxidation sites excluding steroid dienone is 1. The van der Waals surface area contributed by atoms with Gasteiger partial charge in [-0.1, -0.05) is 32.9 Å². The number of hydrogen-bond donors (Lipinski definition) is 0. The lowest BCUT2D eigenvalue weighted by Gasteiger charge is -2.34. The molecule has 0 heterocycles. The summed E-state index contributed by atoms with van der Waals surface area (Å²) in [7, 11) is 1.97. The minimum Gasteiger partial charge on any atom is -0.342 e. The van der Waals surface area contributed by atoms with Crippen molar-refractivity contribution >= 4 is 5.91 Å². The maximum absolute atomic E-state index is 12.1. The lowest BCUT2D eigenvalue weighted by atomic mass is 9.92. The molecular weight excluding hydrogens is 186 g/mol. The highest BCUT2D eigenvalue weighted by atomic mass is 16.2. The third-order valence-corrected chi connectivity index (χ3v) is 3.70. The number of nitrogens with zero attached hydrogens (tertiary/aromatic N) is 1. The van der Waals surface area contributed by atoms with Crippen LogP contribution in [0.1, 0.15) is 33.6 Å². The van der Waals surface area contributed by atoms with Crippen LogP contribution in [-0.2, 0) is 4.79 Å². The molecule has 1 fully saturated rings. The summed E-state index contributed by atoms with van der Waals surface area (Å²) in [5, 5.41) is 0. The second-order valence-corrected chi connectivity index (χ2v) is 6.01. The largest absolute Gasteiger partial charge is 0.342 e. The summed E-state index contributed by atoms with van der Waals surface area (Å²) in [4.78, 5) is 14.1. The molecule has 0 spiro atoms. The van der Waals surface area contributed by atoms with E-state index in [0.717, 1.165) is 5.92 Å². The van der Waals surface area contributed by atoms with Crippen LogP contribution < -0.4 is 0 Å². The monoisotopic (exact) mass is 207 g/mol. The number of carbonyl (C=O) groups excluding carboxylic acids is 1. The van der Waals surface area contributed by atoms with Crippen molar-refractivity contribution in [2.75, 3.05) is 7.05 Å². The predicted molar refractivity (Wildman–Crippen MR) is 61.4 cm³/mol. The van der Waals surface area contributed by atoms with Crippen LogP contribution in [0.5, 0.6) is 0 Å². The first-order valence-electron chi connectivity index (χ1n) is 5.85. The number of carbonyl (C=O) groups is 1. The summed E-state index contributed by atoms with van der Waals surface area (Å²) < 4.78 is 0. The lowest BCUT2D eigenvalue weighted by molar-refractivity contribution is -0.140. The molecule has 0 aliphatic heterocycles. The molecule has 0 aromatic carbocycles. The van der Waals surface area contributed by atoms with Crippen LogP contribution in [0, 0.1) is 17.3 Å². The Balaban J connectivity index is 2.06. The molecule has 2 rings (SSSR count). The van der Waals surface area contributed by atoms with E-state index >= 15 is 0 Å². The molecule has 3 atom stereocenters. The van der Waals surface area contributed by atoms with Gasteiger partial charge < -0.3 is 4.90 Å². The van der Waals surface area contributed by atoms with Gasteiger partial charge in [-0.25, -0.2) is 0 Å². The van der Waals surface area contributed by atoms with Crippen LogP contribution in [0.2, 0.25) is 0 Å². The van der Waals surface area contributed by atoms with E-state index in [1.165, 1.54) is 12.8 Å². The minimum absolute atomic E-state index is 0.250. The van der Waals surface area contributed by atoms with Crippen LogP contribution in [0.25, 0.3) is 0 Å². The average Bonchev–Trinajstić information content (AvgIpc) is 2.74. The summed E-state index contributed by atoms with van der Waals surface area (Å²) in [6, 6.07) is 0.451. The molecule has 2 bridgehead atoms. The second-order valence-electron chi connectivity index (χ2n) is 6.01. The predicted octanol–water partition coefficient (Wildman–Crippen LogP) is 2.46. The van der Waals surface area contributed by atoms with Crippen molar-refractivity contribution in [2.24, 2.45) is 17.3 Å². The van der Waals surface area contributed by atoms with Crippen molar-refractivity contribution in [3.05, 3.63) is 12.2 Å². The molecular formula is C13H21NO. The van der Waals surface area contributed by atoms with E-state index in [4.69, 9.17) is 0 Å². The zero-order valence-electron chi connectivity index (χ0n) is 10.2. The molecule has 0 saturated heterocycles. The Morgan fingerprint density at radius 1 is 1.27 bits per heavy atom. The first kappa shape index (κ1) is 10.7. The molecule has 2 aliphatic rings. The Labute approximate surface area is 92.3 Å². The molecule has 0 aromatic heterocycles. The van der Waals surface area contributed by atoms with E-state index in [9.17, 15) is 4.79 Å². The summed E-state index contributed by atoms with van der Waals surface area (Å²) in [5.41, 5.74) is -0.250. The van der Waals surface area contributed by atoms with Gasteiger partial charge in [0, 0.05) is 18.5 Å². The van der Waals surface area contributed by atoms with Gasteiger partial charge in [0.2, 0.25) is 5.91 Å². The summed E-state index contributed by atoms with van der Waals surface area (Å²) in [6.07, 6.45) is 7.04. The summed E-state index contributed by atoms with van der Waals surface area (Å²) >= 11 is 0. The molecule has 84 valence electrons. The van der Waals surface area contributed by atoms with Gasteiger partial charge in [-0.15, -0.1) is 0 Å². The highest BCUT2D eigenvalue weighted by Gasteiger charge is 2.41. The second kappa shape index (κ2) is 3.36. The third kappa shape index (κ3) is 1.82. The number of rotatable bonds is 1. The molecule has 1 amide bonds. The molecule has 0 radical (unpaired) electrons. The molecule has 0 unspecified atom stereocenters. The fourth-order valence-corrected chi connectivity index (χ4v) is 2.88. The molecule has 2 aliphatic carbocycles. The van der Waals surface area contributed by atoms with Crippen LogP contribution in [0.3, 0.4) is 0 Å². The summed E-state index contributed by atoms with van der Waals surface area (Å²) in [6.45, 7) is 5.98. The van der Waals surface area contributed by atoms with Crippen molar-refractivity contribution in [3.8, 4) is 0 Å². The van der Waals surface area contributed by atoms with Crippen LogP contribution in [0.15, 0.2) is 12.2 Å². The zero-order valence-corrected chi connectivity index (χ0v) is 10.2. The van der Waals surface area contributed by atoms with Gasteiger partial charge in [0.05, 0.1) is 0 Å². The third-order valence-electron chi connectivity index (χ3n) is 3.70. The highest BCUT2D eigenvalue weighted by Crippen LogP contribution is 2.42. The number of amides is 1. The fraction of sp³-hybridized carbons (Fsp3) is 0.769. The van der Waals surface area contributed by atoms with Gasteiger partial charge in [0.1, 0.15) is 0 Å². The first-order chi connectivity index (χ1) is 6.89. The molecule has 1 saturated carbocycles. The number of hydrogen-bond acceptors (Lipinski definition) is 1. The van der Waals surface area contributed by atoms with E-state index < -0.39 is 0 Å². The number of fused-ring (bicyclic) bond motifs is 2. The maximum atomic E-state index is 12.1. The molecule has 2 nitrogen and oxygen atoms in total. The quantitative estimate of drug-likeness (QED) is 0.605. The van der Waals surface area contributed by atoms with Gasteiger partial charge in [-0.2, -0.15) is 0 Å². The van der Waals surface area contributed by atoms with Crippen LogP contribution in [-0.4, -0.2) is 23.9 Å². The van der Waals surface area contributed by atoms with Crippen LogP contribution in [0.4, 0.5) is 0 Å². The van der Waals surface area contributed by atoms with Gasteiger partial charge in [0.15, 0.2) is 0 Å². The molecule has 15 heavy (non-hydrogen) atoms. The average molecular weight is 207 g/mol. The fourth-order valence-electron chi connectivity index (χ4n) is 2.88. The normalized spacial score (nSPS) is 33.5. The van der Waals surface area contributed by atoms with E-state index in [-0.39, 0.29) is 11.3 Å². The Kier molecular flexibility index (Phi) is 2.40. The Morgan fingerprint density at radius 2 is 1.93 bits per heavy atom. The molecule has 0 aromatic rings. The minimum atomic E-state index is -0.250. The van der Waals surface area contributed by atoms with Crippen LogP contribution >= 0.6 is 0 Å².